The van der Waals surface area contributed by atoms with Gasteiger partial charge in [-0.05, 0) is 6.07 Å². The topological polar surface area (TPSA) is 56.0 Å². The summed E-state index contributed by atoms with van der Waals surface area (Å²) in [6.45, 7) is 0. The average molecular weight is 218 g/mol. The first-order valence-corrected chi connectivity index (χ1v) is 3.75. The van der Waals surface area contributed by atoms with Crippen LogP contribution >= 0.6 is 0 Å². The van der Waals surface area contributed by atoms with Crippen LogP contribution in [-0.2, 0) is 6.18 Å². The summed E-state index contributed by atoms with van der Waals surface area (Å²) in [6, 6.07) is 2.38. The van der Waals surface area contributed by atoms with E-state index in [2.05, 4.69) is 4.98 Å². The van der Waals surface area contributed by atoms with E-state index in [1.165, 1.54) is 6.07 Å². The van der Waals surface area contributed by atoms with Crippen LogP contribution in [0.2, 0.25) is 0 Å². The summed E-state index contributed by atoms with van der Waals surface area (Å²) in [5.74, 6) is 0. The third-order valence-corrected chi connectivity index (χ3v) is 1.48. The molecule has 0 saturated carbocycles. The molecule has 0 aliphatic heterocycles. The van der Waals surface area contributed by atoms with Crippen LogP contribution in [0.5, 0.6) is 0 Å². The molecular weight excluding hydrogens is 213 g/mol. The van der Waals surface area contributed by atoms with Crippen molar-refractivity contribution >= 4 is 6.08 Å². The quantitative estimate of drug-likeness (QED) is 0.565. The number of hydrogen-bond donors (Lipinski definition) is 0. The number of hydrogen-bond acceptors (Lipinski definition) is 3. The highest BCUT2D eigenvalue weighted by molar-refractivity contribution is 5.51. The SMILES string of the molecule is O=[N+]([O-])/C=C/c1cccnc1C(F)(F)F. The molecule has 15 heavy (non-hydrogen) atoms. The Morgan fingerprint density at radius 3 is 2.67 bits per heavy atom. The van der Waals surface area contributed by atoms with Gasteiger partial charge in [-0.1, -0.05) is 6.07 Å². The van der Waals surface area contributed by atoms with Gasteiger partial charge in [0.05, 0.1) is 4.92 Å². The van der Waals surface area contributed by atoms with Crippen molar-refractivity contribution in [1.29, 1.82) is 0 Å². The first-order valence-electron chi connectivity index (χ1n) is 3.75. The van der Waals surface area contributed by atoms with Crippen LogP contribution in [0.25, 0.3) is 6.08 Å². The van der Waals surface area contributed by atoms with Crippen molar-refractivity contribution in [1.82, 2.24) is 4.98 Å². The number of aromatic nitrogens is 1. The molecule has 0 aliphatic carbocycles. The maximum Gasteiger partial charge on any atom is 0.433 e. The highest BCUT2D eigenvalue weighted by Gasteiger charge is 2.34. The molecule has 7 heteroatoms. The Morgan fingerprint density at radius 1 is 1.47 bits per heavy atom. The van der Waals surface area contributed by atoms with Gasteiger partial charge >= 0.3 is 6.18 Å². The molecule has 80 valence electrons. The lowest BCUT2D eigenvalue weighted by Crippen LogP contribution is -2.09. The van der Waals surface area contributed by atoms with Crippen LogP contribution in [0.4, 0.5) is 13.2 Å². The van der Waals surface area contributed by atoms with Crippen LogP contribution in [0, 0.1) is 10.1 Å². The predicted octanol–water partition coefficient (Wildman–Crippen LogP) is 2.35. The number of alkyl halides is 3. The van der Waals surface area contributed by atoms with Crippen LogP contribution in [0.3, 0.4) is 0 Å². The third kappa shape index (κ3) is 3.04. The summed E-state index contributed by atoms with van der Waals surface area (Å²) >= 11 is 0. The fourth-order valence-electron chi connectivity index (χ4n) is 0.930. The van der Waals surface area contributed by atoms with Gasteiger partial charge in [0.2, 0.25) is 6.20 Å². The number of halogens is 3. The minimum atomic E-state index is -4.61. The molecule has 0 aromatic carbocycles. The Morgan fingerprint density at radius 2 is 2.13 bits per heavy atom. The Hall–Kier alpha value is -1.92. The molecule has 0 radical (unpaired) electrons. The summed E-state index contributed by atoms with van der Waals surface area (Å²) in [7, 11) is 0. The zero-order valence-electron chi connectivity index (χ0n) is 7.23. The standard InChI is InChI=1S/C8H5F3N2O2/c9-8(10,11)7-6(2-1-4-12-7)3-5-13(14)15/h1-5H/b5-3+. The van der Waals surface area contributed by atoms with Gasteiger partial charge in [-0.25, -0.2) is 0 Å². The monoisotopic (exact) mass is 218 g/mol. The van der Waals surface area contributed by atoms with Crippen molar-refractivity contribution in [2.45, 2.75) is 6.18 Å². The van der Waals surface area contributed by atoms with Crippen molar-refractivity contribution in [3.8, 4) is 0 Å². The van der Waals surface area contributed by atoms with Crippen molar-refractivity contribution in [3.63, 3.8) is 0 Å². The maximum atomic E-state index is 12.3. The Labute approximate surface area is 82.2 Å². The third-order valence-electron chi connectivity index (χ3n) is 1.48. The number of pyridine rings is 1. The summed E-state index contributed by atoms with van der Waals surface area (Å²) in [5, 5.41) is 9.95. The molecule has 0 fully saturated rings. The Balaban J connectivity index is 3.13. The first-order chi connectivity index (χ1) is 6.91. The lowest BCUT2D eigenvalue weighted by Gasteiger charge is -2.07. The molecule has 0 amide bonds. The number of nitrogens with zero attached hydrogens (tertiary/aromatic N) is 2. The largest absolute Gasteiger partial charge is 0.433 e. The molecule has 0 atom stereocenters. The normalized spacial score (nSPS) is 11.9. The molecule has 0 unspecified atom stereocenters. The van der Waals surface area contributed by atoms with E-state index in [4.69, 9.17) is 0 Å². The van der Waals surface area contributed by atoms with Gasteiger partial charge in [-0.2, -0.15) is 13.2 Å². The Kier molecular flexibility index (Phi) is 3.03. The Bertz CT molecular complexity index is 401. The second kappa shape index (κ2) is 4.07. The highest BCUT2D eigenvalue weighted by Crippen LogP contribution is 2.30. The number of nitro groups is 1. The van der Waals surface area contributed by atoms with Gasteiger partial charge in [0, 0.05) is 17.8 Å². The smallest absolute Gasteiger partial charge is 0.259 e. The van der Waals surface area contributed by atoms with Gasteiger partial charge in [0.15, 0.2) is 5.69 Å². The van der Waals surface area contributed by atoms with Gasteiger partial charge < -0.3 is 0 Å². The van der Waals surface area contributed by atoms with Crippen LogP contribution in [0.15, 0.2) is 24.5 Å². The summed E-state index contributed by atoms with van der Waals surface area (Å²) in [4.78, 5) is 12.2. The van der Waals surface area contributed by atoms with Gasteiger partial charge in [-0.3, -0.25) is 15.1 Å². The average Bonchev–Trinajstić information content (AvgIpc) is 2.13. The van der Waals surface area contributed by atoms with Crippen molar-refractivity contribution in [2.24, 2.45) is 0 Å². The summed E-state index contributed by atoms with van der Waals surface area (Å²) in [5.41, 5.74) is -1.47. The molecule has 0 saturated heterocycles. The summed E-state index contributed by atoms with van der Waals surface area (Å²) in [6.07, 6.45) is -2.44. The van der Waals surface area contributed by atoms with Crippen molar-refractivity contribution in [3.05, 3.63) is 45.9 Å². The van der Waals surface area contributed by atoms with E-state index < -0.39 is 16.8 Å². The van der Waals surface area contributed by atoms with Crippen molar-refractivity contribution < 1.29 is 18.1 Å². The predicted molar refractivity (Wildman–Crippen MR) is 45.3 cm³/mol. The van der Waals surface area contributed by atoms with E-state index >= 15 is 0 Å². The molecule has 0 aliphatic rings. The van der Waals surface area contributed by atoms with E-state index in [0.717, 1.165) is 18.3 Å². The zero-order valence-corrected chi connectivity index (χ0v) is 7.23. The molecule has 1 aromatic heterocycles. The lowest BCUT2D eigenvalue weighted by molar-refractivity contribution is -0.400. The first kappa shape index (κ1) is 11.2. The number of rotatable bonds is 2. The van der Waals surface area contributed by atoms with E-state index in [9.17, 15) is 23.3 Å². The minimum Gasteiger partial charge on any atom is -0.259 e. The fourth-order valence-corrected chi connectivity index (χ4v) is 0.930. The van der Waals surface area contributed by atoms with Gasteiger partial charge in [0.25, 0.3) is 0 Å². The van der Waals surface area contributed by atoms with Crippen molar-refractivity contribution in [2.75, 3.05) is 0 Å². The summed E-state index contributed by atoms with van der Waals surface area (Å²) < 4.78 is 36.9. The second-order valence-corrected chi connectivity index (χ2v) is 2.54. The molecule has 4 nitrogen and oxygen atoms in total. The minimum absolute atomic E-state index is 0.332. The molecule has 0 bridgehead atoms. The zero-order chi connectivity index (χ0) is 11.5. The molecule has 0 N–H and O–H groups in total. The highest BCUT2D eigenvalue weighted by atomic mass is 19.4. The molecule has 1 heterocycles. The molecular formula is C8H5F3N2O2. The van der Waals surface area contributed by atoms with Gasteiger partial charge in [0.1, 0.15) is 0 Å². The van der Waals surface area contributed by atoms with Crippen LogP contribution in [0.1, 0.15) is 11.3 Å². The van der Waals surface area contributed by atoms with Crippen LogP contribution in [-0.4, -0.2) is 9.91 Å². The molecule has 1 rings (SSSR count). The maximum absolute atomic E-state index is 12.3. The second-order valence-electron chi connectivity index (χ2n) is 2.54. The van der Waals surface area contributed by atoms with E-state index in [0.29, 0.717) is 6.20 Å². The molecule has 0 spiro atoms. The molecule has 1 aromatic rings. The lowest BCUT2D eigenvalue weighted by atomic mass is 10.2. The van der Waals surface area contributed by atoms with E-state index in [1.807, 2.05) is 0 Å². The van der Waals surface area contributed by atoms with Gasteiger partial charge in [-0.15, -0.1) is 0 Å². The van der Waals surface area contributed by atoms with Crippen LogP contribution < -0.4 is 0 Å². The van der Waals surface area contributed by atoms with E-state index in [-0.39, 0.29) is 5.56 Å². The van der Waals surface area contributed by atoms with E-state index in [1.54, 1.807) is 0 Å². The fraction of sp³-hybridized carbons (Fsp3) is 0.125.